The summed E-state index contributed by atoms with van der Waals surface area (Å²) in [5.41, 5.74) is 2.85. The number of halogens is 3. The van der Waals surface area contributed by atoms with E-state index in [9.17, 15) is 22.8 Å². The van der Waals surface area contributed by atoms with Crippen LogP contribution in [0.2, 0.25) is 0 Å². The summed E-state index contributed by atoms with van der Waals surface area (Å²) in [7, 11) is 0. The molecule has 1 aliphatic heterocycles. The molecule has 184 valence electrons. The lowest BCUT2D eigenvalue weighted by molar-refractivity contribution is -0.192. The number of hydrogen-bond donors (Lipinski definition) is 4. The number of rotatable bonds is 4. The SMILES string of the molecule is O=C(NC1CCC(C(=O)O)CC1)c1ccc(-c2nc3c(s2)CNCC3)cc1.O=C(O)C(F)(F)F. The van der Waals surface area contributed by atoms with Crippen LogP contribution < -0.4 is 10.6 Å². The number of nitrogens with one attached hydrogen (secondary N) is 2. The Balaban J connectivity index is 0.000000406. The lowest BCUT2D eigenvalue weighted by Gasteiger charge is -2.26. The summed E-state index contributed by atoms with van der Waals surface area (Å²) in [6.07, 6.45) is -1.42. The fraction of sp³-hybridized carbons (Fsp3) is 0.455. The van der Waals surface area contributed by atoms with Gasteiger partial charge < -0.3 is 20.8 Å². The minimum Gasteiger partial charge on any atom is -0.481 e. The summed E-state index contributed by atoms with van der Waals surface area (Å²) in [6, 6.07) is 7.64. The molecule has 8 nitrogen and oxygen atoms in total. The number of carbonyl (C=O) groups is 3. The van der Waals surface area contributed by atoms with Crippen molar-refractivity contribution in [2.24, 2.45) is 5.92 Å². The maximum absolute atomic E-state index is 12.5. The lowest BCUT2D eigenvalue weighted by Crippen LogP contribution is -2.38. The smallest absolute Gasteiger partial charge is 0.481 e. The van der Waals surface area contributed by atoms with Gasteiger partial charge in [-0.05, 0) is 37.8 Å². The molecule has 0 saturated heterocycles. The predicted molar refractivity (Wildman–Crippen MR) is 117 cm³/mol. The molecule has 12 heteroatoms. The highest BCUT2D eigenvalue weighted by atomic mass is 32.1. The molecule has 4 rings (SSSR count). The van der Waals surface area contributed by atoms with Gasteiger partial charge in [-0.25, -0.2) is 9.78 Å². The van der Waals surface area contributed by atoms with E-state index in [0.717, 1.165) is 42.9 Å². The van der Waals surface area contributed by atoms with E-state index in [1.54, 1.807) is 11.3 Å². The Morgan fingerprint density at radius 1 is 1.06 bits per heavy atom. The number of aromatic nitrogens is 1. The van der Waals surface area contributed by atoms with Gasteiger partial charge in [0.05, 0.1) is 11.6 Å². The Hall–Kier alpha value is -2.99. The summed E-state index contributed by atoms with van der Waals surface area (Å²) in [4.78, 5) is 38.4. The molecule has 1 amide bonds. The summed E-state index contributed by atoms with van der Waals surface area (Å²) in [6.45, 7) is 1.86. The van der Waals surface area contributed by atoms with E-state index >= 15 is 0 Å². The van der Waals surface area contributed by atoms with Crippen molar-refractivity contribution in [3.8, 4) is 10.6 Å². The minimum atomic E-state index is -5.08. The molecule has 2 aliphatic rings. The Morgan fingerprint density at radius 3 is 2.21 bits per heavy atom. The van der Waals surface area contributed by atoms with Crippen LogP contribution >= 0.6 is 11.3 Å². The topological polar surface area (TPSA) is 129 Å². The molecule has 0 atom stereocenters. The van der Waals surface area contributed by atoms with Gasteiger partial charge in [0, 0.05) is 41.6 Å². The molecule has 0 radical (unpaired) electrons. The summed E-state index contributed by atoms with van der Waals surface area (Å²) < 4.78 is 31.7. The number of hydrogen-bond acceptors (Lipinski definition) is 6. The molecule has 2 heterocycles. The standard InChI is InChI=1S/C20H23N3O3S.C2HF3O2/c24-18(22-15-7-5-14(6-8-15)20(25)26)12-1-3-13(4-2-12)19-23-16-9-10-21-11-17(16)27-19;3-2(4,5)1(6)7/h1-4,14-15,21H,5-11H2,(H,22,24)(H,25,26);(H,6,7). The van der Waals surface area contributed by atoms with Crippen LogP contribution in [-0.2, 0) is 22.6 Å². The van der Waals surface area contributed by atoms with Crippen LogP contribution in [0.3, 0.4) is 0 Å². The number of amides is 1. The van der Waals surface area contributed by atoms with Gasteiger partial charge in [0.25, 0.3) is 5.91 Å². The highest BCUT2D eigenvalue weighted by molar-refractivity contribution is 7.15. The normalized spacial score (nSPS) is 19.9. The average molecular weight is 500 g/mol. The Kier molecular flexibility index (Phi) is 8.26. The van der Waals surface area contributed by atoms with Gasteiger partial charge in [0.15, 0.2) is 0 Å². The van der Waals surface area contributed by atoms with Gasteiger partial charge in [-0.15, -0.1) is 11.3 Å². The largest absolute Gasteiger partial charge is 0.490 e. The molecule has 34 heavy (non-hydrogen) atoms. The van der Waals surface area contributed by atoms with Crippen LogP contribution in [0.25, 0.3) is 10.6 Å². The summed E-state index contributed by atoms with van der Waals surface area (Å²) in [5, 5.41) is 23.6. The Labute approximate surface area is 197 Å². The van der Waals surface area contributed by atoms with Crippen molar-refractivity contribution in [1.29, 1.82) is 0 Å². The first-order valence-corrected chi connectivity index (χ1v) is 11.5. The summed E-state index contributed by atoms with van der Waals surface area (Å²) in [5.74, 6) is -3.85. The molecule has 1 aromatic heterocycles. The number of alkyl halides is 3. The molecule has 1 fully saturated rings. The number of carboxylic acid groups (broad SMARTS) is 2. The highest BCUT2D eigenvalue weighted by Crippen LogP contribution is 2.30. The van der Waals surface area contributed by atoms with E-state index in [1.165, 1.54) is 10.6 Å². The fourth-order valence-electron chi connectivity index (χ4n) is 3.77. The van der Waals surface area contributed by atoms with Gasteiger partial charge in [0.2, 0.25) is 0 Å². The first-order valence-electron chi connectivity index (χ1n) is 10.7. The molecule has 1 aromatic carbocycles. The summed E-state index contributed by atoms with van der Waals surface area (Å²) >= 11 is 1.71. The zero-order valence-electron chi connectivity index (χ0n) is 18.0. The van der Waals surface area contributed by atoms with Gasteiger partial charge in [0.1, 0.15) is 5.01 Å². The van der Waals surface area contributed by atoms with Gasteiger partial charge in [-0.2, -0.15) is 13.2 Å². The maximum atomic E-state index is 12.5. The van der Waals surface area contributed by atoms with E-state index in [-0.39, 0.29) is 17.9 Å². The van der Waals surface area contributed by atoms with Gasteiger partial charge >= 0.3 is 18.1 Å². The second kappa shape index (κ2) is 11.0. The van der Waals surface area contributed by atoms with Crippen molar-refractivity contribution in [2.75, 3.05) is 6.54 Å². The quantitative estimate of drug-likeness (QED) is 0.507. The number of aliphatic carboxylic acids is 2. The lowest BCUT2D eigenvalue weighted by atomic mass is 9.86. The van der Waals surface area contributed by atoms with Gasteiger partial charge in [-0.1, -0.05) is 12.1 Å². The first kappa shape index (κ1) is 25.6. The number of thiazole rings is 1. The van der Waals surface area contributed by atoms with E-state index in [2.05, 4.69) is 10.6 Å². The van der Waals surface area contributed by atoms with Crippen molar-refractivity contribution in [3.05, 3.63) is 40.4 Å². The van der Waals surface area contributed by atoms with Crippen LogP contribution in [-0.4, -0.2) is 51.8 Å². The molecule has 4 N–H and O–H groups in total. The average Bonchev–Trinajstić information content (AvgIpc) is 3.24. The second-order valence-electron chi connectivity index (χ2n) is 8.06. The van der Waals surface area contributed by atoms with E-state index in [4.69, 9.17) is 20.0 Å². The Bertz CT molecular complexity index is 1010. The molecule has 0 spiro atoms. The van der Waals surface area contributed by atoms with E-state index in [0.29, 0.717) is 18.4 Å². The second-order valence-corrected chi connectivity index (χ2v) is 9.14. The molecular formula is C22H24F3N3O5S. The third-order valence-corrected chi connectivity index (χ3v) is 6.80. The van der Waals surface area contributed by atoms with Crippen LogP contribution in [0.1, 0.15) is 46.6 Å². The fourth-order valence-corrected chi connectivity index (χ4v) is 4.85. The first-order chi connectivity index (χ1) is 16.0. The third kappa shape index (κ3) is 6.76. The molecule has 2 aromatic rings. The third-order valence-electron chi connectivity index (χ3n) is 5.65. The molecule has 0 bridgehead atoms. The van der Waals surface area contributed by atoms with Crippen LogP contribution in [0.4, 0.5) is 13.2 Å². The van der Waals surface area contributed by atoms with Crippen LogP contribution in [0, 0.1) is 5.92 Å². The predicted octanol–water partition coefficient (Wildman–Crippen LogP) is 3.46. The van der Waals surface area contributed by atoms with Gasteiger partial charge in [-0.3, -0.25) is 9.59 Å². The number of carbonyl (C=O) groups excluding carboxylic acids is 1. The van der Waals surface area contributed by atoms with Crippen LogP contribution in [0.15, 0.2) is 24.3 Å². The zero-order chi connectivity index (χ0) is 24.9. The van der Waals surface area contributed by atoms with Crippen molar-refractivity contribution in [1.82, 2.24) is 15.6 Å². The molecule has 0 unspecified atom stereocenters. The van der Waals surface area contributed by atoms with E-state index < -0.39 is 18.1 Å². The van der Waals surface area contributed by atoms with Crippen LogP contribution in [0.5, 0.6) is 0 Å². The minimum absolute atomic E-state index is 0.0611. The zero-order valence-corrected chi connectivity index (χ0v) is 18.8. The molecule has 1 saturated carbocycles. The van der Waals surface area contributed by atoms with Crippen molar-refractivity contribution in [3.63, 3.8) is 0 Å². The van der Waals surface area contributed by atoms with Crippen molar-refractivity contribution in [2.45, 2.75) is 50.9 Å². The number of fused-ring (bicyclic) bond motifs is 1. The highest BCUT2D eigenvalue weighted by Gasteiger charge is 2.38. The number of benzene rings is 1. The monoisotopic (exact) mass is 499 g/mol. The number of nitrogens with zero attached hydrogens (tertiary/aromatic N) is 1. The molecule has 1 aliphatic carbocycles. The van der Waals surface area contributed by atoms with Crippen molar-refractivity contribution >= 4 is 29.2 Å². The molecular weight excluding hydrogens is 475 g/mol. The van der Waals surface area contributed by atoms with Crippen molar-refractivity contribution < 1.29 is 37.8 Å². The Morgan fingerprint density at radius 2 is 1.68 bits per heavy atom. The van der Waals surface area contributed by atoms with E-state index in [1.807, 2.05) is 24.3 Å². The maximum Gasteiger partial charge on any atom is 0.490 e. The number of carboxylic acids is 2.